The Morgan fingerprint density at radius 2 is 1.83 bits per heavy atom. The van der Waals surface area contributed by atoms with E-state index < -0.39 is 0 Å². The molecule has 35 heavy (non-hydrogen) atoms. The molecule has 1 aliphatic heterocycles. The first kappa shape index (κ1) is 23.1. The first-order chi connectivity index (χ1) is 17.1. The third-order valence-electron chi connectivity index (χ3n) is 6.32. The zero-order valence-electron chi connectivity index (χ0n) is 19.6. The van der Waals surface area contributed by atoms with E-state index >= 15 is 0 Å². The zero-order valence-corrected chi connectivity index (χ0v) is 20.4. The van der Waals surface area contributed by atoms with Crippen molar-refractivity contribution < 1.29 is 9.53 Å². The number of ether oxygens (including phenoxy) is 1. The Bertz CT molecular complexity index is 1360. The number of hydrogen-bond donors (Lipinski definition) is 0. The van der Waals surface area contributed by atoms with Crippen LogP contribution in [0, 0.1) is 0 Å². The summed E-state index contributed by atoms with van der Waals surface area (Å²) < 4.78 is 7.41. The van der Waals surface area contributed by atoms with Gasteiger partial charge in [-0.05, 0) is 48.0 Å². The molecule has 3 heterocycles. The van der Waals surface area contributed by atoms with Gasteiger partial charge in [-0.25, -0.2) is 4.98 Å². The lowest BCUT2D eigenvalue weighted by Gasteiger charge is -2.34. The molecule has 0 spiro atoms. The van der Waals surface area contributed by atoms with Gasteiger partial charge < -0.3 is 14.0 Å². The largest absolute Gasteiger partial charge is 0.497 e. The van der Waals surface area contributed by atoms with Crippen LogP contribution in [0.15, 0.2) is 79.0 Å². The minimum Gasteiger partial charge on any atom is -0.497 e. The van der Waals surface area contributed by atoms with Gasteiger partial charge in [-0.1, -0.05) is 41.9 Å². The lowest BCUT2D eigenvalue weighted by atomic mass is 10.1. The van der Waals surface area contributed by atoms with E-state index in [1.807, 2.05) is 77.7 Å². The maximum Gasteiger partial charge on any atom is 0.246 e. The van der Waals surface area contributed by atoms with Crippen LogP contribution in [-0.4, -0.2) is 58.4 Å². The number of carbonyl (C=O) groups is 1. The number of hydrogen-bond acceptors (Lipinski definition) is 4. The number of fused-ring (bicyclic) bond motifs is 1. The fourth-order valence-electron chi connectivity index (χ4n) is 4.39. The highest BCUT2D eigenvalue weighted by molar-refractivity contribution is 6.30. The van der Waals surface area contributed by atoms with Crippen LogP contribution in [0.25, 0.3) is 23.0 Å². The van der Waals surface area contributed by atoms with Crippen molar-refractivity contribution in [1.29, 1.82) is 0 Å². The van der Waals surface area contributed by atoms with Crippen molar-refractivity contribution in [3.63, 3.8) is 0 Å². The molecular formula is C28H27ClN4O2. The number of benzene rings is 2. The molecule has 5 rings (SSSR count). The van der Waals surface area contributed by atoms with Crippen LogP contribution < -0.4 is 4.74 Å². The molecule has 0 atom stereocenters. The summed E-state index contributed by atoms with van der Waals surface area (Å²) in [5, 5.41) is 0.709. The number of piperazine rings is 1. The van der Waals surface area contributed by atoms with Crippen molar-refractivity contribution in [1.82, 2.24) is 19.2 Å². The summed E-state index contributed by atoms with van der Waals surface area (Å²) in [7, 11) is 1.64. The topological polar surface area (TPSA) is 50.1 Å². The number of nitrogens with zero attached hydrogens (tertiary/aromatic N) is 4. The summed E-state index contributed by atoms with van der Waals surface area (Å²) >= 11 is 6.11. The summed E-state index contributed by atoms with van der Waals surface area (Å²) in [6.07, 6.45) is 5.54. The van der Waals surface area contributed by atoms with Crippen LogP contribution in [0.5, 0.6) is 5.75 Å². The summed E-state index contributed by atoms with van der Waals surface area (Å²) in [5.74, 6) is 0.808. The van der Waals surface area contributed by atoms with E-state index in [0.717, 1.165) is 53.5 Å². The van der Waals surface area contributed by atoms with Crippen molar-refractivity contribution in [2.45, 2.75) is 6.54 Å². The lowest BCUT2D eigenvalue weighted by molar-refractivity contribution is -0.127. The highest BCUT2D eigenvalue weighted by Gasteiger charge is 2.22. The molecule has 0 N–H and O–H groups in total. The van der Waals surface area contributed by atoms with Crippen LogP contribution in [-0.2, 0) is 11.3 Å². The Labute approximate surface area is 210 Å². The van der Waals surface area contributed by atoms with Gasteiger partial charge in [-0.3, -0.25) is 9.69 Å². The number of aromatic nitrogens is 2. The van der Waals surface area contributed by atoms with Crippen molar-refractivity contribution in [3.05, 3.63) is 95.3 Å². The van der Waals surface area contributed by atoms with Gasteiger partial charge in [0.15, 0.2) is 0 Å². The summed E-state index contributed by atoms with van der Waals surface area (Å²) in [6, 6.07) is 21.5. The third-order valence-corrected chi connectivity index (χ3v) is 6.57. The first-order valence-corrected chi connectivity index (χ1v) is 12.0. The Morgan fingerprint density at radius 1 is 1.03 bits per heavy atom. The van der Waals surface area contributed by atoms with E-state index in [1.165, 1.54) is 0 Å². The average molecular weight is 487 g/mol. The molecule has 1 amide bonds. The molecule has 2 aromatic heterocycles. The average Bonchev–Trinajstić information content (AvgIpc) is 3.26. The van der Waals surface area contributed by atoms with Gasteiger partial charge in [0.05, 0.1) is 18.5 Å². The predicted octanol–water partition coefficient (Wildman–Crippen LogP) is 5.02. The Hall–Kier alpha value is -3.61. The smallest absolute Gasteiger partial charge is 0.246 e. The minimum atomic E-state index is 0.0316. The standard InChI is InChI=1S/C28H27ClN4O2/c1-35-24-6-4-5-21(19-24)8-13-27(34)32-17-15-31(16-18-32)20-25-28(22-9-11-23(29)12-10-22)30-26-7-2-3-14-33(25)26/h2-14,19H,15-18,20H2,1H3/b13-8+. The predicted molar refractivity (Wildman–Crippen MR) is 140 cm³/mol. The van der Waals surface area contributed by atoms with Crippen LogP contribution in [0.2, 0.25) is 5.02 Å². The van der Waals surface area contributed by atoms with E-state index in [4.69, 9.17) is 21.3 Å². The quantitative estimate of drug-likeness (QED) is 0.359. The molecule has 1 fully saturated rings. The van der Waals surface area contributed by atoms with Gasteiger partial charge in [0.1, 0.15) is 11.4 Å². The Kier molecular flexibility index (Phi) is 6.84. The van der Waals surface area contributed by atoms with E-state index in [0.29, 0.717) is 18.1 Å². The summed E-state index contributed by atoms with van der Waals surface area (Å²) in [4.78, 5) is 21.9. The highest BCUT2D eigenvalue weighted by Crippen LogP contribution is 2.27. The van der Waals surface area contributed by atoms with Gasteiger partial charge in [0, 0.05) is 55.6 Å². The van der Waals surface area contributed by atoms with Crippen LogP contribution >= 0.6 is 11.6 Å². The highest BCUT2D eigenvalue weighted by atomic mass is 35.5. The fraction of sp³-hybridized carbons (Fsp3) is 0.214. The van der Waals surface area contributed by atoms with E-state index in [1.54, 1.807) is 13.2 Å². The van der Waals surface area contributed by atoms with Crippen molar-refractivity contribution in [3.8, 4) is 17.0 Å². The monoisotopic (exact) mass is 486 g/mol. The van der Waals surface area contributed by atoms with Crippen molar-refractivity contribution in [2.24, 2.45) is 0 Å². The van der Waals surface area contributed by atoms with Gasteiger partial charge in [-0.15, -0.1) is 0 Å². The number of methoxy groups -OCH3 is 1. The molecule has 0 bridgehead atoms. The molecule has 0 unspecified atom stereocenters. The zero-order chi connectivity index (χ0) is 24.2. The van der Waals surface area contributed by atoms with Crippen LogP contribution in [0.4, 0.5) is 0 Å². The molecule has 1 aliphatic rings. The van der Waals surface area contributed by atoms with Crippen LogP contribution in [0.3, 0.4) is 0 Å². The molecular weight excluding hydrogens is 460 g/mol. The summed E-state index contributed by atoms with van der Waals surface area (Å²) in [5.41, 5.74) is 5.01. The van der Waals surface area contributed by atoms with Crippen molar-refractivity contribution >= 4 is 29.2 Å². The normalized spacial score (nSPS) is 14.6. The molecule has 2 aromatic carbocycles. The van der Waals surface area contributed by atoms with Gasteiger partial charge in [0.2, 0.25) is 5.91 Å². The number of amides is 1. The molecule has 7 heteroatoms. The molecule has 1 saturated heterocycles. The molecule has 4 aromatic rings. The van der Waals surface area contributed by atoms with Gasteiger partial charge in [0.25, 0.3) is 0 Å². The maximum absolute atomic E-state index is 12.8. The summed E-state index contributed by atoms with van der Waals surface area (Å²) in [6.45, 7) is 3.74. The van der Waals surface area contributed by atoms with Gasteiger partial charge in [-0.2, -0.15) is 0 Å². The number of imidazole rings is 1. The van der Waals surface area contributed by atoms with Crippen LogP contribution in [0.1, 0.15) is 11.3 Å². The minimum absolute atomic E-state index is 0.0316. The lowest BCUT2D eigenvalue weighted by Crippen LogP contribution is -2.47. The molecule has 0 saturated carbocycles. The fourth-order valence-corrected chi connectivity index (χ4v) is 4.52. The SMILES string of the molecule is COc1cccc(/C=C/C(=O)N2CCN(Cc3c(-c4ccc(Cl)cc4)nc4ccccn34)CC2)c1. The second-order valence-corrected chi connectivity index (χ2v) is 8.99. The first-order valence-electron chi connectivity index (χ1n) is 11.7. The third kappa shape index (κ3) is 5.24. The molecule has 0 aliphatic carbocycles. The van der Waals surface area contributed by atoms with E-state index in [2.05, 4.69) is 15.5 Å². The second kappa shape index (κ2) is 10.3. The molecule has 178 valence electrons. The number of rotatable bonds is 6. The second-order valence-electron chi connectivity index (χ2n) is 8.55. The number of pyridine rings is 1. The van der Waals surface area contributed by atoms with Gasteiger partial charge >= 0.3 is 0 Å². The number of carbonyl (C=O) groups excluding carboxylic acids is 1. The maximum atomic E-state index is 12.8. The Morgan fingerprint density at radius 3 is 2.60 bits per heavy atom. The number of halogens is 1. The molecule has 0 radical (unpaired) electrons. The van der Waals surface area contributed by atoms with E-state index in [9.17, 15) is 4.79 Å². The van der Waals surface area contributed by atoms with E-state index in [-0.39, 0.29) is 5.91 Å². The molecule has 6 nitrogen and oxygen atoms in total. The Balaban J connectivity index is 1.27. The van der Waals surface area contributed by atoms with Crippen molar-refractivity contribution in [2.75, 3.05) is 33.3 Å².